The van der Waals surface area contributed by atoms with Crippen LogP contribution in [0.3, 0.4) is 0 Å². The maximum atomic E-state index is 14.7. The molecule has 1 N–H and O–H groups in total. The van der Waals surface area contributed by atoms with E-state index in [1.54, 1.807) is 23.1 Å². The molecule has 1 heterocycles. The summed E-state index contributed by atoms with van der Waals surface area (Å²) in [7, 11) is 0. The molecule has 3 aromatic carbocycles. The molecule has 3 aromatic rings. The molecule has 1 atom stereocenters. The monoisotopic (exact) mass is 429 g/mol. The van der Waals surface area contributed by atoms with E-state index < -0.39 is 11.7 Å². The molecule has 162 valence electrons. The van der Waals surface area contributed by atoms with E-state index in [0.29, 0.717) is 29.1 Å². The van der Waals surface area contributed by atoms with Gasteiger partial charge in [-0.05, 0) is 55.8 Å². The van der Waals surface area contributed by atoms with Gasteiger partial charge in [-0.25, -0.2) is 4.39 Å². The summed E-state index contributed by atoms with van der Waals surface area (Å²) in [6.07, 6.45) is 0. The quantitative estimate of drug-likeness (QED) is 0.635. The van der Waals surface area contributed by atoms with Gasteiger partial charge in [-0.3, -0.25) is 14.6 Å². The van der Waals surface area contributed by atoms with Gasteiger partial charge in [0.2, 0.25) is 11.8 Å². The molecule has 0 radical (unpaired) electrons. The van der Waals surface area contributed by atoms with Crippen LogP contribution in [0.2, 0.25) is 0 Å². The minimum Gasteiger partial charge on any atom is -0.326 e. The second kappa shape index (κ2) is 9.14. The van der Waals surface area contributed by atoms with Gasteiger partial charge >= 0.3 is 0 Å². The Bertz CT molecular complexity index is 1190. The molecule has 4 rings (SSSR count). The molecule has 1 aliphatic rings. The molecule has 0 saturated carbocycles. The van der Waals surface area contributed by atoms with Crippen molar-refractivity contribution in [2.24, 2.45) is 4.99 Å². The third-order valence-electron chi connectivity index (χ3n) is 5.62. The first-order valence-electron chi connectivity index (χ1n) is 10.6. The van der Waals surface area contributed by atoms with Crippen molar-refractivity contribution in [2.45, 2.75) is 19.8 Å². The predicted molar refractivity (Wildman–Crippen MR) is 125 cm³/mol. The fourth-order valence-electron chi connectivity index (χ4n) is 3.85. The maximum Gasteiger partial charge on any atom is 0.248 e. The van der Waals surface area contributed by atoms with Gasteiger partial charge in [-0.1, -0.05) is 36.4 Å². The van der Waals surface area contributed by atoms with Crippen molar-refractivity contribution in [3.05, 3.63) is 95.3 Å². The first kappa shape index (κ1) is 21.4. The Kier molecular flexibility index (Phi) is 6.12. The van der Waals surface area contributed by atoms with E-state index in [1.165, 1.54) is 6.07 Å². The first-order chi connectivity index (χ1) is 15.5. The number of rotatable bonds is 5. The first-order valence-corrected chi connectivity index (χ1v) is 10.6. The van der Waals surface area contributed by atoms with Crippen LogP contribution in [0.25, 0.3) is 0 Å². The molecule has 0 saturated heterocycles. The van der Waals surface area contributed by atoms with Crippen molar-refractivity contribution in [3.63, 3.8) is 0 Å². The zero-order valence-electron chi connectivity index (χ0n) is 18.0. The molecule has 32 heavy (non-hydrogen) atoms. The highest BCUT2D eigenvalue weighted by Gasteiger charge is 2.27. The topological polar surface area (TPSA) is 61.8 Å². The molecule has 6 heteroatoms. The summed E-state index contributed by atoms with van der Waals surface area (Å²) < 4.78 is 14.7. The standard InChI is InChI=1S/C26H24FN3O2/c1-3-30-23-14-13-18(17(2)26(32)29-19-9-5-4-6-10-19)15-21(23)25(28-16-24(30)31)20-11-7-8-12-22(20)27/h4-15,17H,3,16H2,1-2H3,(H,29,32). The van der Waals surface area contributed by atoms with Gasteiger partial charge in [0, 0.05) is 23.4 Å². The number of amides is 2. The zero-order valence-corrected chi connectivity index (χ0v) is 18.0. The van der Waals surface area contributed by atoms with Crippen LogP contribution in [-0.2, 0) is 9.59 Å². The summed E-state index contributed by atoms with van der Waals surface area (Å²) in [6.45, 7) is 4.11. The number of fused-ring (bicyclic) bond motifs is 1. The Morgan fingerprint density at radius 1 is 1.06 bits per heavy atom. The number of aliphatic imine (C=N–C) groups is 1. The number of likely N-dealkylation sites (N-methyl/N-ethyl adjacent to an activating group) is 1. The smallest absolute Gasteiger partial charge is 0.248 e. The number of carbonyl (C=O) groups is 2. The van der Waals surface area contributed by atoms with Crippen LogP contribution in [0.1, 0.15) is 36.5 Å². The average Bonchev–Trinajstić information content (AvgIpc) is 2.94. The summed E-state index contributed by atoms with van der Waals surface area (Å²) in [5.41, 5.74) is 3.52. The number of benzene rings is 3. The van der Waals surface area contributed by atoms with Crippen molar-refractivity contribution < 1.29 is 14.0 Å². The number of nitrogens with one attached hydrogen (secondary N) is 1. The van der Waals surface area contributed by atoms with Gasteiger partial charge in [0.1, 0.15) is 12.4 Å². The fourth-order valence-corrected chi connectivity index (χ4v) is 3.85. The molecule has 0 aromatic heterocycles. The lowest BCUT2D eigenvalue weighted by Crippen LogP contribution is -2.32. The molecule has 0 aliphatic carbocycles. The van der Waals surface area contributed by atoms with Gasteiger partial charge in [-0.15, -0.1) is 0 Å². The van der Waals surface area contributed by atoms with Crippen molar-refractivity contribution in [3.8, 4) is 0 Å². The van der Waals surface area contributed by atoms with Crippen LogP contribution < -0.4 is 10.2 Å². The van der Waals surface area contributed by atoms with E-state index in [2.05, 4.69) is 10.3 Å². The maximum absolute atomic E-state index is 14.7. The molecular formula is C26H24FN3O2. The predicted octanol–water partition coefficient (Wildman–Crippen LogP) is 4.77. The van der Waals surface area contributed by atoms with Crippen molar-refractivity contribution in [2.75, 3.05) is 23.3 Å². The lowest BCUT2D eigenvalue weighted by Gasteiger charge is -2.23. The third kappa shape index (κ3) is 4.17. The van der Waals surface area contributed by atoms with Crippen LogP contribution in [0.4, 0.5) is 15.8 Å². The normalized spacial score (nSPS) is 14.3. The largest absolute Gasteiger partial charge is 0.326 e. The van der Waals surface area contributed by atoms with Gasteiger partial charge in [0.15, 0.2) is 0 Å². The molecule has 1 aliphatic heterocycles. The highest BCUT2D eigenvalue weighted by atomic mass is 19.1. The molecule has 0 bridgehead atoms. The SMILES string of the molecule is CCN1C(=O)CN=C(c2ccccc2F)c2cc(C(C)C(=O)Nc3ccccc3)ccc21. The van der Waals surface area contributed by atoms with Crippen LogP contribution in [0.5, 0.6) is 0 Å². The number of hydrogen-bond acceptors (Lipinski definition) is 3. The van der Waals surface area contributed by atoms with E-state index >= 15 is 0 Å². The number of anilines is 2. The van der Waals surface area contributed by atoms with Crippen LogP contribution in [0.15, 0.2) is 77.8 Å². The molecule has 0 fully saturated rings. The number of benzodiazepines with no additional fused rings is 1. The summed E-state index contributed by atoms with van der Waals surface area (Å²) in [6, 6.07) is 21.2. The van der Waals surface area contributed by atoms with E-state index in [-0.39, 0.29) is 18.4 Å². The van der Waals surface area contributed by atoms with Crippen LogP contribution >= 0.6 is 0 Å². The highest BCUT2D eigenvalue weighted by Crippen LogP contribution is 2.31. The average molecular weight is 429 g/mol. The van der Waals surface area contributed by atoms with E-state index in [9.17, 15) is 14.0 Å². The number of nitrogens with zero attached hydrogens (tertiary/aromatic N) is 2. The van der Waals surface area contributed by atoms with Crippen molar-refractivity contribution in [1.82, 2.24) is 0 Å². The van der Waals surface area contributed by atoms with Gasteiger partial charge in [0.05, 0.1) is 17.3 Å². The minimum atomic E-state index is -0.462. The Balaban J connectivity index is 1.76. The van der Waals surface area contributed by atoms with Crippen LogP contribution in [0, 0.1) is 5.82 Å². The Morgan fingerprint density at radius 3 is 2.50 bits per heavy atom. The Morgan fingerprint density at radius 2 is 1.78 bits per heavy atom. The van der Waals surface area contributed by atoms with Crippen molar-refractivity contribution in [1.29, 1.82) is 0 Å². The Hall–Kier alpha value is -3.80. The highest BCUT2D eigenvalue weighted by molar-refractivity contribution is 6.19. The van der Waals surface area contributed by atoms with Crippen molar-refractivity contribution >= 4 is 28.9 Å². The summed E-state index contributed by atoms with van der Waals surface area (Å²) in [5, 5.41) is 2.92. The number of hydrogen-bond donors (Lipinski definition) is 1. The second-order valence-electron chi connectivity index (χ2n) is 7.64. The molecule has 5 nitrogen and oxygen atoms in total. The van der Waals surface area contributed by atoms with Gasteiger partial charge in [0.25, 0.3) is 0 Å². The summed E-state index contributed by atoms with van der Waals surface area (Å²) >= 11 is 0. The lowest BCUT2D eigenvalue weighted by molar-refractivity contribution is -0.118. The number of carbonyl (C=O) groups excluding carboxylic acids is 2. The molecule has 1 unspecified atom stereocenters. The van der Waals surface area contributed by atoms with Gasteiger partial charge in [-0.2, -0.15) is 0 Å². The fraction of sp³-hybridized carbons (Fsp3) is 0.192. The van der Waals surface area contributed by atoms with Crippen LogP contribution in [-0.4, -0.2) is 30.6 Å². The van der Waals surface area contributed by atoms with E-state index in [1.807, 2.05) is 62.4 Å². The van der Waals surface area contributed by atoms with Gasteiger partial charge < -0.3 is 10.2 Å². The summed E-state index contributed by atoms with van der Waals surface area (Å²) in [4.78, 5) is 31.6. The lowest BCUT2D eigenvalue weighted by atomic mass is 9.92. The zero-order chi connectivity index (χ0) is 22.7. The Labute approximate surface area is 186 Å². The summed E-state index contributed by atoms with van der Waals surface area (Å²) in [5.74, 6) is -1.17. The number of halogens is 1. The second-order valence-corrected chi connectivity index (χ2v) is 7.64. The van der Waals surface area contributed by atoms with E-state index in [4.69, 9.17) is 0 Å². The number of para-hydroxylation sites is 1. The third-order valence-corrected chi connectivity index (χ3v) is 5.62. The van der Waals surface area contributed by atoms with E-state index in [0.717, 1.165) is 11.3 Å². The molecular weight excluding hydrogens is 405 g/mol. The molecule has 0 spiro atoms. The minimum absolute atomic E-state index is 0.0639. The molecule has 2 amide bonds.